The van der Waals surface area contributed by atoms with E-state index in [1.54, 1.807) is 0 Å². The van der Waals surface area contributed by atoms with Crippen LogP contribution in [0.3, 0.4) is 0 Å². The molecule has 1 aromatic rings. The summed E-state index contributed by atoms with van der Waals surface area (Å²) < 4.78 is 0. The van der Waals surface area contributed by atoms with Crippen LogP contribution in [0.1, 0.15) is 12.0 Å². The molecule has 5 heteroatoms. The van der Waals surface area contributed by atoms with Gasteiger partial charge in [0, 0.05) is 19.4 Å². The molecule has 1 aliphatic heterocycles. The molecular formula is C15H19NO3S. The Kier molecular flexibility index (Phi) is 4.73. The highest BCUT2D eigenvalue weighted by molar-refractivity contribution is 8.16. The lowest BCUT2D eigenvalue weighted by atomic mass is 10.1. The zero-order valence-corrected chi connectivity index (χ0v) is 12.5. The lowest BCUT2D eigenvalue weighted by molar-refractivity contribution is -0.137. The van der Waals surface area contributed by atoms with E-state index in [0.29, 0.717) is 24.3 Å². The molecule has 1 atom stereocenters. The van der Waals surface area contributed by atoms with Crippen molar-refractivity contribution in [3.63, 3.8) is 0 Å². The Bertz CT molecular complexity index is 549. The zero-order chi connectivity index (χ0) is 14.7. The third kappa shape index (κ3) is 3.16. The largest absolute Gasteiger partial charge is 0.373 e. The first-order valence-electron chi connectivity index (χ1n) is 6.51. The number of hydrogen-bond donors (Lipinski definition) is 1. The van der Waals surface area contributed by atoms with Gasteiger partial charge in [0.15, 0.2) is 5.78 Å². The molecule has 1 N–H and O–H groups in total. The number of likely N-dealkylation sites (tertiary alicyclic amines) is 1. The van der Waals surface area contributed by atoms with E-state index < -0.39 is 6.23 Å². The SMILES string of the molecule is CS(C)=C1C(=O)CCN([C@H](O)Cc2ccccc2)C1=O. The molecule has 0 bridgehead atoms. The topological polar surface area (TPSA) is 57.6 Å². The van der Waals surface area contributed by atoms with Gasteiger partial charge in [-0.3, -0.25) is 9.59 Å². The van der Waals surface area contributed by atoms with E-state index >= 15 is 0 Å². The number of ketones is 1. The minimum atomic E-state index is -0.878. The number of piperidine rings is 1. The van der Waals surface area contributed by atoms with E-state index in [0.717, 1.165) is 5.56 Å². The zero-order valence-electron chi connectivity index (χ0n) is 11.7. The maximum absolute atomic E-state index is 12.3. The van der Waals surface area contributed by atoms with Gasteiger partial charge >= 0.3 is 0 Å². The number of nitrogens with zero attached hydrogens (tertiary/aromatic N) is 1. The molecule has 2 rings (SSSR count). The van der Waals surface area contributed by atoms with Gasteiger partial charge in [0.05, 0.1) is 0 Å². The second kappa shape index (κ2) is 6.33. The Morgan fingerprint density at radius 1 is 1.25 bits per heavy atom. The van der Waals surface area contributed by atoms with Crippen LogP contribution in [0, 0.1) is 0 Å². The van der Waals surface area contributed by atoms with Crippen molar-refractivity contribution >= 4 is 27.0 Å². The van der Waals surface area contributed by atoms with Gasteiger partial charge in [-0.1, -0.05) is 30.3 Å². The van der Waals surface area contributed by atoms with Gasteiger partial charge in [0.1, 0.15) is 11.1 Å². The minimum absolute atomic E-state index is 0.0773. The summed E-state index contributed by atoms with van der Waals surface area (Å²) in [7, 11) is -0.381. The molecule has 0 spiro atoms. The van der Waals surface area contributed by atoms with E-state index in [9.17, 15) is 14.7 Å². The standard InChI is InChI=1S/C15H19NO3S/c1-20(2)14-12(17)8-9-16(15(14)19)13(18)10-11-6-4-3-5-7-11/h3-7,13,18H,8-10H2,1-2H3/t13-/m1/s1. The number of hydrogen-bond acceptors (Lipinski definition) is 3. The molecule has 20 heavy (non-hydrogen) atoms. The lowest BCUT2D eigenvalue weighted by Crippen LogP contribution is -2.51. The predicted molar refractivity (Wildman–Crippen MR) is 81.9 cm³/mol. The fraction of sp³-hybridized carbons (Fsp3) is 0.400. The van der Waals surface area contributed by atoms with Gasteiger partial charge in [0.2, 0.25) is 0 Å². The van der Waals surface area contributed by atoms with E-state index in [1.165, 1.54) is 4.90 Å². The summed E-state index contributed by atoms with van der Waals surface area (Å²) in [6.07, 6.45) is 3.53. The Morgan fingerprint density at radius 2 is 1.90 bits per heavy atom. The van der Waals surface area contributed by atoms with Gasteiger partial charge in [-0.15, -0.1) is 0 Å². The lowest BCUT2D eigenvalue weighted by Gasteiger charge is -2.32. The molecule has 4 nitrogen and oxygen atoms in total. The summed E-state index contributed by atoms with van der Waals surface area (Å²) in [5.41, 5.74) is 0.971. The third-order valence-corrected chi connectivity index (χ3v) is 4.54. The normalized spacial score (nSPS) is 17.8. The van der Waals surface area contributed by atoms with E-state index in [-0.39, 0.29) is 22.2 Å². The first kappa shape index (κ1) is 14.9. The Balaban J connectivity index is 2.15. The molecule has 1 fully saturated rings. The Hall–Kier alpha value is -1.46. The molecule has 0 aromatic heterocycles. The van der Waals surface area contributed by atoms with Crippen molar-refractivity contribution in [2.24, 2.45) is 0 Å². The predicted octanol–water partition coefficient (Wildman–Crippen LogP) is 1.05. The number of carbonyl (C=O) groups is 2. The molecule has 0 saturated carbocycles. The highest BCUT2D eigenvalue weighted by atomic mass is 32.2. The Morgan fingerprint density at radius 3 is 2.50 bits per heavy atom. The molecule has 1 saturated heterocycles. The smallest absolute Gasteiger partial charge is 0.265 e. The molecule has 1 aliphatic rings. The van der Waals surface area contributed by atoms with Crippen LogP contribution in [0.4, 0.5) is 0 Å². The average molecular weight is 293 g/mol. The number of Topliss-reactive ketones (excluding diaryl/α,β-unsaturated/α-hetero) is 1. The number of amides is 1. The van der Waals surface area contributed by atoms with Gasteiger partial charge in [-0.25, -0.2) is 0 Å². The second-order valence-electron chi connectivity index (χ2n) is 4.99. The van der Waals surface area contributed by atoms with Crippen LogP contribution in [0.2, 0.25) is 0 Å². The van der Waals surface area contributed by atoms with Crippen LogP contribution in [0.5, 0.6) is 0 Å². The Labute approximate surface area is 121 Å². The quantitative estimate of drug-likeness (QED) is 0.848. The molecule has 1 amide bonds. The molecule has 0 unspecified atom stereocenters. The number of aliphatic hydroxyl groups excluding tert-OH is 1. The fourth-order valence-electron chi connectivity index (χ4n) is 2.31. The van der Waals surface area contributed by atoms with E-state index in [2.05, 4.69) is 0 Å². The van der Waals surface area contributed by atoms with Gasteiger partial charge in [-0.2, -0.15) is 10.5 Å². The molecular weight excluding hydrogens is 274 g/mol. The van der Waals surface area contributed by atoms with Crippen molar-refractivity contribution in [2.75, 3.05) is 19.1 Å². The van der Waals surface area contributed by atoms with E-state index in [1.807, 2.05) is 42.8 Å². The third-order valence-electron chi connectivity index (χ3n) is 3.32. The maximum Gasteiger partial charge on any atom is 0.265 e. The van der Waals surface area contributed by atoms with Crippen molar-refractivity contribution in [3.05, 3.63) is 35.9 Å². The summed E-state index contributed by atoms with van der Waals surface area (Å²) >= 11 is 0. The number of rotatable bonds is 3. The van der Waals surface area contributed by atoms with Crippen LogP contribution in [-0.2, 0) is 16.0 Å². The van der Waals surface area contributed by atoms with Crippen LogP contribution in [0.15, 0.2) is 30.3 Å². The summed E-state index contributed by atoms with van der Waals surface area (Å²) in [6, 6.07) is 9.54. The minimum Gasteiger partial charge on any atom is -0.373 e. The van der Waals surface area contributed by atoms with Crippen molar-refractivity contribution in [2.45, 2.75) is 19.1 Å². The van der Waals surface area contributed by atoms with Gasteiger partial charge in [0.25, 0.3) is 5.91 Å². The van der Waals surface area contributed by atoms with Crippen LogP contribution in [0.25, 0.3) is 0 Å². The second-order valence-corrected chi connectivity index (χ2v) is 7.03. The summed E-state index contributed by atoms with van der Waals surface area (Å²) in [5.74, 6) is -0.385. The van der Waals surface area contributed by atoms with Crippen molar-refractivity contribution in [3.8, 4) is 0 Å². The molecule has 108 valence electrons. The molecule has 0 aliphatic carbocycles. The molecule has 1 aromatic carbocycles. The number of aliphatic hydroxyl groups is 1. The first-order chi connectivity index (χ1) is 9.50. The highest BCUT2D eigenvalue weighted by Crippen LogP contribution is 2.17. The fourth-order valence-corrected chi connectivity index (χ4v) is 3.33. The molecule has 1 heterocycles. The number of carbonyl (C=O) groups excluding carboxylic acids is 2. The van der Waals surface area contributed by atoms with Gasteiger partial charge < -0.3 is 10.0 Å². The summed E-state index contributed by atoms with van der Waals surface area (Å²) in [6.45, 7) is 0.298. The van der Waals surface area contributed by atoms with Crippen LogP contribution < -0.4 is 0 Å². The number of benzene rings is 1. The maximum atomic E-state index is 12.3. The summed E-state index contributed by atoms with van der Waals surface area (Å²) in [4.78, 5) is 25.9. The first-order valence-corrected chi connectivity index (χ1v) is 8.55. The van der Waals surface area contributed by atoms with Crippen molar-refractivity contribution in [1.29, 1.82) is 0 Å². The summed E-state index contributed by atoms with van der Waals surface area (Å²) in [5, 5.41) is 10.3. The van der Waals surface area contributed by atoms with Crippen LogP contribution in [-0.4, -0.2) is 51.8 Å². The van der Waals surface area contributed by atoms with E-state index in [4.69, 9.17) is 0 Å². The van der Waals surface area contributed by atoms with Crippen LogP contribution >= 0.6 is 10.5 Å². The molecule has 0 radical (unpaired) electrons. The highest BCUT2D eigenvalue weighted by Gasteiger charge is 2.34. The monoisotopic (exact) mass is 293 g/mol. The average Bonchev–Trinajstić information content (AvgIpc) is 2.39. The van der Waals surface area contributed by atoms with Gasteiger partial charge in [-0.05, 0) is 18.1 Å². The van der Waals surface area contributed by atoms with Crippen molar-refractivity contribution < 1.29 is 14.7 Å². The van der Waals surface area contributed by atoms with Crippen molar-refractivity contribution in [1.82, 2.24) is 4.90 Å².